The second-order valence-corrected chi connectivity index (χ2v) is 4.29. The highest BCUT2D eigenvalue weighted by atomic mass is 16.5. The third kappa shape index (κ3) is 7.30. The molecule has 0 radical (unpaired) electrons. The molecule has 0 bridgehead atoms. The van der Waals surface area contributed by atoms with Gasteiger partial charge in [-0.15, -0.1) is 0 Å². The van der Waals surface area contributed by atoms with Gasteiger partial charge >= 0.3 is 0 Å². The maximum atomic E-state index is 5.53. The highest BCUT2D eigenvalue weighted by molar-refractivity contribution is 4.76. The van der Waals surface area contributed by atoms with Gasteiger partial charge < -0.3 is 14.8 Å². The summed E-state index contributed by atoms with van der Waals surface area (Å²) in [5.41, 5.74) is 0.207. The zero-order valence-corrected chi connectivity index (χ0v) is 10.2. The van der Waals surface area contributed by atoms with E-state index in [0.717, 1.165) is 13.0 Å². The fourth-order valence-electron chi connectivity index (χ4n) is 0.937. The van der Waals surface area contributed by atoms with Crippen molar-refractivity contribution < 1.29 is 9.47 Å². The van der Waals surface area contributed by atoms with Crippen molar-refractivity contribution in [3.8, 4) is 0 Å². The largest absolute Gasteiger partial charge is 0.382 e. The second-order valence-electron chi connectivity index (χ2n) is 4.29. The number of methoxy groups -OCH3 is 1. The van der Waals surface area contributed by atoms with Gasteiger partial charge in [-0.1, -0.05) is 6.92 Å². The topological polar surface area (TPSA) is 30.5 Å². The Labute approximate surface area is 88.2 Å². The number of hydrogen-bond acceptors (Lipinski definition) is 3. The summed E-state index contributed by atoms with van der Waals surface area (Å²) in [5.74, 6) is 0. The Hall–Kier alpha value is -0.120. The zero-order chi connectivity index (χ0) is 11.0. The van der Waals surface area contributed by atoms with E-state index >= 15 is 0 Å². The first kappa shape index (κ1) is 13.9. The molecule has 86 valence electrons. The maximum Gasteiger partial charge on any atom is 0.0704 e. The Morgan fingerprint density at radius 2 is 1.93 bits per heavy atom. The average molecular weight is 203 g/mol. The predicted molar refractivity (Wildman–Crippen MR) is 59.7 cm³/mol. The normalized spacial score (nSPS) is 14.4. The SMILES string of the molecule is CCC(C)(C)NCC(C)OCCOC. The quantitative estimate of drug-likeness (QED) is 0.610. The molecule has 0 spiro atoms. The van der Waals surface area contributed by atoms with Crippen molar-refractivity contribution in [3.05, 3.63) is 0 Å². The van der Waals surface area contributed by atoms with Crippen LogP contribution in [0.2, 0.25) is 0 Å². The molecule has 14 heavy (non-hydrogen) atoms. The minimum absolute atomic E-state index is 0.207. The van der Waals surface area contributed by atoms with E-state index in [1.807, 2.05) is 0 Å². The molecule has 0 saturated heterocycles. The summed E-state index contributed by atoms with van der Waals surface area (Å²) in [7, 11) is 1.69. The van der Waals surface area contributed by atoms with Crippen molar-refractivity contribution in [1.82, 2.24) is 5.32 Å². The molecule has 0 fully saturated rings. The number of nitrogens with one attached hydrogen (secondary N) is 1. The lowest BCUT2D eigenvalue weighted by atomic mass is 10.0. The Balaban J connectivity index is 3.48. The zero-order valence-electron chi connectivity index (χ0n) is 10.2. The lowest BCUT2D eigenvalue weighted by Gasteiger charge is -2.26. The maximum absolute atomic E-state index is 5.53. The highest BCUT2D eigenvalue weighted by Crippen LogP contribution is 2.06. The Morgan fingerprint density at radius 1 is 1.29 bits per heavy atom. The molecule has 1 N–H and O–H groups in total. The van der Waals surface area contributed by atoms with Crippen LogP contribution in [0.4, 0.5) is 0 Å². The molecule has 0 saturated carbocycles. The molecular formula is C11H25NO2. The van der Waals surface area contributed by atoms with Crippen LogP contribution in [0.5, 0.6) is 0 Å². The first-order valence-corrected chi connectivity index (χ1v) is 5.37. The summed E-state index contributed by atoms with van der Waals surface area (Å²) in [4.78, 5) is 0. The van der Waals surface area contributed by atoms with Gasteiger partial charge in [0.25, 0.3) is 0 Å². The van der Waals surface area contributed by atoms with Crippen molar-refractivity contribution in [2.24, 2.45) is 0 Å². The van der Waals surface area contributed by atoms with E-state index in [0.29, 0.717) is 13.2 Å². The Kier molecular flexibility index (Phi) is 7.15. The van der Waals surface area contributed by atoms with Crippen LogP contribution >= 0.6 is 0 Å². The predicted octanol–water partition coefficient (Wildman–Crippen LogP) is 1.82. The van der Waals surface area contributed by atoms with Crippen LogP contribution in [0.1, 0.15) is 34.1 Å². The Bertz CT molecular complexity index is 137. The van der Waals surface area contributed by atoms with Crippen molar-refractivity contribution >= 4 is 0 Å². The standard InChI is InChI=1S/C11H25NO2/c1-6-11(3,4)12-9-10(2)14-8-7-13-5/h10,12H,6-9H2,1-5H3. The van der Waals surface area contributed by atoms with Gasteiger partial charge in [-0.05, 0) is 27.2 Å². The van der Waals surface area contributed by atoms with Crippen molar-refractivity contribution in [2.45, 2.75) is 45.8 Å². The average Bonchev–Trinajstić information content (AvgIpc) is 2.16. The van der Waals surface area contributed by atoms with Crippen molar-refractivity contribution in [3.63, 3.8) is 0 Å². The minimum Gasteiger partial charge on any atom is -0.382 e. The van der Waals surface area contributed by atoms with Gasteiger partial charge in [0.2, 0.25) is 0 Å². The molecule has 1 atom stereocenters. The van der Waals surface area contributed by atoms with Gasteiger partial charge in [0.1, 0.15) is 0 Å². The van der Waals surface area contributed by atoms with Crippen LogP contribution in [-0.2, 0) is 9.47 Å². The van der Waals surface area contributed by atoms with E-state index in [-0.39, 0.29) is 11.6 Å². The van der Waals surface area contributed by atoms with Crippen molar-refractivity contribution in [1.29, 1.82) is 0 Å². The van der Waals surface area contributed by atoms with Gasteiger partial charge in [0, 0.05) is 19.2 Å². The molecule has 3 heteroatoms. The van der Waals surface area contributed by atoms with Crippen LogP contribution in [0.25, 0.3) is 0 Å². The summed E-state index contributed by atoms with van der Waals surface area (Å²) >= 11 is 0. The van der Waals surface area contributed by atoms with E-state index in [4.69, 9.17) is 9.47 Å². The molecule has 3 nitrogen and oxygen atoms in total. The van der Waals surface area contributed by atoms with Crippen LogP contribution in [0.15, 0.2) is 0 Å². The fraction of sp³-hybridized carbons (Fsp3) is 1.00. The molecule has 0 heterocycles. The lowest BCUT2D eigenvalue weighted by Crippen LogP contribution is -2.42. The molecule has 0 rings (SSSR count). The Morgan fingerprint density at radius 3 is 2.43 bits per heavy atom. The minimum atomic E-state index is 0.207. The molecular weight excluding hydrogens is 178 g/mol. The van der Waals surface area contributed by atoms with Gasteiger partial charge in [0.15, 0.2) is 0 Å². The lowest BCUT2D eigenvalue weighted by molar-refractivity contribution is 0.0236. The second kappa shape index (κ2) is 7.21. The summed E-state index contributed by atoms with van der Waals surface area (Å²) < 4.78 is 10.4. The molecule has 0 aromatic rings. The smallest absolute Gasteiger partial charge is 0.0704 e. The molecule has 0 aromatic heterocycles. The van der Waals surface area contributed by atoms with Crippen LogP contribution in [0.3, 0.4) is 0 Å². The molecule has 0 aromatic carbocycles. The highest BCUT2D eigenvalue weighted by Gasteiger charge is 2.14. The monoisotopic (exact) mass is 203 g/mol. The fourth-order valence-corrected chi connectivity index (χ4v) is 0.937. The van der Waals surface area contributed by atoms with Gasteiger partial charge in [0.05, 0.1) is 19.3 Å². The summed E-state index contributed by atoms with van der Waals surface area (Å²) in [6, 6.07) is 0. The van der Waals surface area contributed by atoms with Gasteiger partial charge in [-0.3, -0.25) is 0 Å². The third-order valence-corrected chi connectivity index (χ3v) is 2.44. The summed E-state index contributed by atoms with van der Waals surface area (Å²) in [6.45, 7) is 10.9. The van der Waals surface area contributed by atoms with E-state index in [2.05, 4.69) is 33.0 Å². The molecule has 0 aliphatic heterocycles. The number of ether oxygens (including phenoxy) is 2. The van der Waals surface area contributed by atoms with Crippen LogP contribution < -0.4 is 5.32 Å². The first-order valence-electron chi connectivity index (χ1n) is 5.37. The van der Waals surface area contributed by atoms with Gasteiger partial charge in [-0.2, -0.15) is 0 Å². The van der Waals surface area contributed by atoms with E-state index < -0.39 is 0 Å². The molecule has 0 amide bonds. The molecule has 0 aliphatic rings. The van der Waals surface area contributed by atoms with Crippen molar-refractivity contribution in [2.75, 3.05) is 26.9 Å². The summed E-state index contributed by atoms with van der Waals surface area (Å²) in [5, 5.41) is 3.47. The first-order chi connectivity index (χ1) is 6.52. The van der Waals surface area contributed by atoms with E-state index in [9.17, 15) is 0 Å². The van der Waals surface area contributed by atoms with E-state index in [1.54, 1.807) is 7.11 Å². The van der Waals surface area contributed by atoms with E-state index in [1.165, 1.54) is 0 Å². The van der Waals surface area contributed by atoms with Crippen LogP contribution in [-0.4, -0.2) is 38.5 Å². The third-order valence-electron chi connectivity index (χ3n) is 2.44. The van der Waals surface area contributed by atoms with Crippen LogP contribution in [0, 0.1) is 0 Å². The molecule has 0 aliphatic carbocycles. The molecule has 1 unspecified atom stereocenters. The number of rotatable bonds is 8. The van der Waals surface area contributed by atoms with Gasteiger partial charge in [-0.25, -0.2) is 0 Å². The number of hydrogen-bond donors (Lipinski definition) is 1. The summed E-state index contributed by atoms with van der Waals surface area (Å²) in [6.07, 6.45) is 1.37.